The molecule has 1 atom stereocenters. The summed E-state index contributed by atoms with van der Waals surface area (Å²) in [6, 6.07) is 0.447. The van der Waals surface area contributed by atoms with Crippen molar-refractivity contribution in [3.8, 4) is 0 Å². The van der Waals surface area contributed by atoms with Crippen LogP contribution in [-0.2, 0) is 0 Å². The lowest BCUT2D eigenvalue weighted by Crippen LogP contribution is -2.50. The van der Waals surface area contributed by atoms with Gasteiger partial charge in [-0.2, -0.15) is 0 Å². The minimum atomic E-state index is 0. The number of aliphatic imine (C=N–C) groups is 1. The van der Waals surface area contributed by atoms with Gasteiger partial charge in [0.25, 0.3) is 0 Å². The summed E-state index contributed by atoms with van der Waals surface area (Å²) in [7, 11) is 0. The van der Waals surface area contributed by atoms with Crippen molar-refractivity contribution < 1.29 is 0 Å². The van der Waals surface area contributed by atoms with Crippen LogP contribution in [0.15, 0.2) is 30.3 Å². The van der Waals surface area contributed by atoms with Crippen molar-refractivity contribution in [2.24, 2.45) is 10.9 Å². The third-order valence-electron chi connectivity index (χ3n) is 3.34. The summed E-state index contributed by atoms with van der Waals surface area (Å²) in [5, 5.41) is 6.73. The van der Waals surface area contributed by atoms with Crippen LogP contribution in [0.4, 0.5) is 0 Å². The van der Waals surface area contributed by atoms with Crippen LogP contribution in [0.1, 0.15) is 20.3 Å². The Bertz CT molecular complexity index is 305. The van der Waals surface area contributed by atoms with Gasteiger partial charge in [-0.1, -0.05) is 26.0 Å². The van der Waals surface area contributed by atoms with E-state index in [0.29, 0.717) is 12.0 Å². The zero-order chi connectivity index (χ0) is 14.1. The monoisotopic (exact) mass is 392 g/mol. The Labute approximate surface area is 140 Å². The van der Waals surface area contributed by atoms with Gasteiger partial charge in [0.2, 0.25) is 0 Å². The first-order chi connectivity index (χ1) is 9.19. The molecule has 0 bridgehead atoms. The van der Waals surface area contributed by atoms with Crippen molar-refractivity contribution in [3.05, 3.63) is 25.3 Å². The van der Waals surface area contributed by atoms with Gasteiger partial charge < -0.3 is 10.6 Å². The van der Waals surface area contributed by atoms with Gasteiger partial charge in [0.15, 0.2) is 5.96 Å². The number of rotatable bonds is 8. The molecule has 1 heterocycles. The smallest absolute Gasteiger partial charge is 0.191 e. The second-order valence-electron chi connectivity index (χ2n) is 5.23. The van der Waals surface area contributed by atoms with E-state index in [-0.39, 0.29) is 24.0 Å². The molecule has 0 fully saturated rings. The lowest BCUT2D eigenvalue weighted by atomic mass is 10.0. The van der Waals surface area contributed by atoms with Crippen LogP contribution >= 0.6 is 24.0 Å². The zero-order valence-electron chi connectivity index (χ0n) is 12.8. The van der Waals surface area contributed by atoms with E-state index in [2.05, 4.69) is 47.5 Å². The second-order valence-corrected chi connectivity index (χ2v) is 5.23. The van der Waals surface area contributed by atoms with Crippen molar-refractivity contribution in [2.45, 2.75) is 26.3 Å². The fourth-order valence-electron chi connectivity index (χ4n) is 2.32. The Kier molecular flexibility index (Phi) is 10.8. The lowest BCUT2D eigenvalue weighted by molar-refractivity contribution is 0.190. The molecule has 0 saturated heterocycles. The fraction of sp³-hybridized carbons (Fsp3) is 0.667. The number of hydrogen-bond acceptors (Lipinski definition) is 4. The predicted molar refractivity (Wildman–Crippen MR) is 98.9 cm³/mol. The quantitative estimate of drug-likeness (QED) is 0.492. The summed E-state index contributed by atoms with van der Waals surface area (Å²) in [4.78, 5) is 6.84. The molecule has 0 radical (unpaired) electrons. The van der Waals surface area contributed by atoms with E-state index in [1.807, 2.05) is 12.2 Å². The van der Waals surface area contributed by atoms with Gasteiger partial charge in [0, 0.05) is 38.8 Å². The molecule has 5 heteroatoms. The molecule has 0 aromatic rings. The van der Waals surface area contributed by atoms with E-state index in [4.69, 9.17) is 0 Å². The number of halogens is 1. The van der Waals surface area contributed by atoms with Gasteiger partial charge in [-0.25, -0.2) is 0 Å². The van der Waals surface area contributed by atoms with Gasteiger partial charge >= 0.3 is 0 Å². The Morgan fingerprint density at radius 1 is 1.35 bits per heavy atom. The molecule has 1 unspecified atom stereocenters. The lowest BCUT2D eigenvalue weighted by Gasteiger charge is -2.33. The Morgan fingerprint density at radius 3 is 2.45 bits per heavy atom. The average molecular weight is 392 g/mol. The molecule has 0 aromatic carbocycles. The van der Waals surface area contributed by atoms with E-state index in [1.165, 1.54) is 0 Å². The molecule has 0 saturated carbocycles. The van der Waals surface area contributed by atoms with Crippen LogP contribution < -0.4 is 10.6 Å². The normalized spacial score (nSPS) is 15.9. The van der Waals surface area contributed by atoms with Crippen LogP contribution in [0, 0.1) is 5.92 Å². The van der Waals surface area contributed by atoms with Crippen LogP contribution in [0.5, 0.6) is 0 Å². The van der Waals surface area contributed by atoms with Gasteiger partial charge in [0.05, 0.1) is 0 Å². The topological polar surface area (TPSA) is 39.7 Å². The fourth-order valence-corrected chi connectivity index (χ4v) is 2.32. The number of nitrogens with one attached hydrogen (secondary N) is 2. The molecule has 4 nitrogen and oxygen atoms in total. The number of nitrogens with zero attached hydrogens (tertiary/aromatic N) is 2. The molecular weight excluding hydrogens is 363 g/mol. The number of hydrogen-bond donors (Lipinski definition) is 2. The minimum absolute atomic E-state index is 0. The predicted octanol–water partition coefficient (Wildman–Crippen LogP) is 2.24. The first kappa shape index (κ1) is 19.4. The maximum Gasteiger partial charge on any atom is 0.191 e. The molecule has 0 spiro atoms. The Balaban J connectivity index is 0.00000361. The van der Waals surface area contributed by atoms with Crippen molar-refractivity contribution in [1.29, 1.82) is 0 Å². The van der Waals surface area contributed by atoms with Crippen molar-refractivity contribution in [3.63, 3.8) is 0 Å². The first-order valence-electron chi connectivity index (χ1n) is 7.17. The molecule has 1 rings (SSSR count). The van der Waals surface area contributed by atoms with E-state index >= 15 is 0 Å². The summed E-state index contributed by atoms with van der Waals surface area (Å²) in [5.74, 6) is 1.51. The van der Waals surface area contributed by atoms with Crippen molar-refractivity contribution in [2.75, 3.05) is 32.7 Å². The molecule has 116 valence electrons. The third kappa shape index (κ3) is 6.74. The summed E-state index contributed by atoms with van der Waals surface area (Å²) in [6.07, 6.45) is 5.03. The molecule has 0 amide bonds. The van der Waals surface area contributed by atoms with Crippen LogP contribution in [0.25, 0.3) is 0 Å². The first-order valence-corrected chi connectivity index (χ1v) is 7.17. The van der Waals surface area contributed by atoms with Crippen molar-refractivity contribution >= 4 is 29.9 Å². The minimum Gasteiger partial charge on any atom is -0.356 e. The van der Waals surface area contributed by atoms with Gasteiger partial charge in [-0.15, -0.1) is 37.1 Å². The van der Waals surface area contributed by atoms with Crippen LogP contribution in [-0.4, -0.2) is 49.6 Å². The molecule has 1 aliphatic rings. The molecule has 0 aromatic heterocycles. The highest BCUT2D eigenvalue weighted by Gasteiger charge is 2.20. The molecule has 20 heavy (non-hydrogen) atoms. The molecule has 0 aliphatic carbocycles. The van der Waals surface area contributed by atoms with E-state index < -0.39 is 0 Å². The van der Waals surface area contributed by atoms with E-state index in [1.54, 1.807) is 0 Å². The van der Waals surface area contributed by atoms with Gasteiger partial charge in [-0.3, -0.25) is 9.89 Å². The van der Waals surface area contributed by atoms with E-state index in [0.717, 1.165) is 45.1 Å². The largest absolute Gasteiger partial charge is 0.356 e. The summed E-state index contributed by atoms with van der Waals surface area (Å²) >= 11 is 0. The Morgan fingerprint density at radius 2 is 2.00 bits per heavy atom. The van der Waals surface area contributed by atoms with Crippen LogP contribution in [0.3, 0.4) is 0 Å². The molecule has 2 N–H and O–H groups in total. The summed E-state index contributed by atoms with van der Waals surface area (Å²) in [5.41, 5.74) is 0. The van der Waals surface area contributed by atoms with Gasteiger partial charge in [-0.05, 0) is 12.3 Å². The maximum absolute atomic E-state index is 4.45. The Hall–Kier alpha value is -0.560. The molecule has 1 aliphatic heterocycles. The second kappa shape index (κ2) is 11.1. The van der Waals surface area contributed by atoms with Crippen LogP contribution in [0.2, 0.25) is 0 Å². The summed E-state index contributed by atoms with van der Waals surface area (Å²) in [6.45, 7) is 16.8. The highest BCUT2D eigenvalue weighted by atomic mass is 127. The standard InChI is InChI=1S/C15H28N4.HI/c1-5-10-19(11-6-2)14(13(3)4)12-18-15-16-8-7-9-17-15;/h5-6,13-14H,1-2,7-12H2,3-4H3,(H2,16,17,18);1H. The number of guanidine groups is 1. The summed E-state index contributed by atoms with van der Waals surface area (Å²) < 4.78 is 0. The van der Waals surface area contributed by atoms with Crippen molar-refractivity contribution in [1.82, 2.24) is 15.5 Å². The maximum atomic E-state index is 4.45. The highest BCUT2D eigenvalue weighted by molar-refractivity contribution is 14.0. The third-order valence-corrected chi connectivity index (χ3v) is 3.34. The zero-order valence-corrected chi connectivity index (χ0v) is 15.1. The average Bonchev–Trinajstić information content (AvgIpc) is 2.40. The molecular formula is C15H29IN4. The van der Waals surface area contributed by atoms with Gasteiger partial charge in [0.1, 0.15) is 0 Å². The highest BCUT2D eigenvalue weighted by Crippen LogP contribution is 2.10. The SMILES string of the molecule is C=CCN(CC=C)C(CNC1=NCCCN1)C(C)C.I. The van der Waals surface area contributed by atoms with E-state index in [9.17, 15) is 0 Å².